The first-order valence-corrected chi connectivity index (χ1v) is 15.4. The maximum atomic E-state index is 9.13. The predicted octanol–water partition coefficient (Wildman–Crippen LogP) is 10.5. The van der Waals surface area contributed by atoms with Crippen LogP contribution in [0.2, 0.25) is 0 Å². The van der Waals surface area contributed by atoms with Crippen LogP contribution < -0.4 is 0 Å². The number of unbranched alkanes of at least 4 members (excludes halogenated alkanes) is 21. The maximum Gasteiger partial charge on any atom is 0.0512 e. The molecule has 2 atom stereocenters. The minimum absolute atomic E-state index is 0.0981. The zero-order valence-electron chi connectivity index (χ0n) is 23.7. The first-order valence-electron chi connectivity index (χ1n) is 15.4. The van der Waals surface area contributed by atoms with Crippen LogP contribution in [-0.2, 0) is 0 Å². The first-order chi connectivity index (χ1) is 16.0. The molecule has 0 bridgehead atoms. The summed E-state index contributed by atoms with van der Waals surface area (Å²) in [6.07, 6.45) is 33.6. The molecule has 0 saturated carbocycles. The van der Waals surface area contributed by atoms with E-state index in [1.807, 2.05) is 13.8 Å². The van der Waals surface area contributed by atoms with Crippen LogP contribution in [0.15, 0.2) is 0 Å². The number of hydrogen-bond acceptors (Lipinski definition) is 2. The average Bonchev–Trinajstić information content (AvgIpc) is 2.78. The molecule has 0 rings (SSSR count). The molecule has 2 heteroatoms. The van der Waals surface area contributed by atoms with Gasteiger partial charge in [0.2, 0.25) is 0 Å². The molecule has 33 heavy (non-hydrogen) atoms. The third kappa shape index (κ3) is 39.4. The second-order valence-corrected chi connectivity index (χ2v) is 10.7. The Balaban J connectivity index is 0. The lowest BCUT2D eigenvalue weighted by Gasteiger charge is -2.04. The van der Waals surface area contributed by atoms with Crippen LogP contribution in [0.5, 0.6) is 0 Å². The Hall–Kier alpha value is -0.0800. The fourth-order valence-electron chi connectivity index (χ4n) is 4.38. The Bertz CT molecular complexity index is 314. The van der Waals surface area contributed by atoms with Crippen molar-refractivity contribution in [2.75, 3.05) is 0 Å². The molecule has 2 unspecified atom stereocenters. The van der Waals surface area contributed by atoms with Crippen molar-refractivity contribution in [3.8, 4) is 0 Å². The Kier molecular flexibility index (Phi) is 33.9. The molecule has 0 spiro atoms. The molecule has 0 aliphatic heterocycles. The van der Waals surface area contributed by atoms with E-state index in [0.717, 1.165) is 12.8 Å². The highest BCUT2D eigenvalue weighted by Crippen LogP contribution is 2.14. The van der Waals surface area contributed by atoms with E-state index >= 15 is 0 Å². The van der Waals surface area contributed by atoms with Gasteiger partial charge in [-0.2, -0.15) is 0 Å². The van der Waals surface area contributed by atoms with Crippen LogP contribution in [0.3, 0.4) is 0 Å². The van der Waals surface area contributed by atoms with Crippen molar-refractivity contribution in [2.24, 2.45) is 0 Å². The number of aliphatic hydroxyl groups is 2. The summed E-state index contributed by atoms with van der Waals surface area (Å²) >= 11 is 0. The van der Waals surface area contributed by atoms with E-state index in [0.29, 0.717) is 0 Å². The molecule has 2 nitrogen and oxygen atoms in total. The Morgan fingerprint density at radius 1 is 0.333 bits per heavy atom. The number of aliphatic hydroxyl groups excluding tert-OH is 2. The summed E-state index contributed by atoms with van der Waals surface area (Å²) in [6.45, 7) is 8.32. The second kappa shape index (κ2) is 31.9. The molecule has 0 aromatic heterocycles. The highest BCUT2D eigenvalue weighted by molar-refractivity contribution is 4.52. The van der Waals surface area contributed by atoms with Gasteiger partial charge in [-0.1, -0.05) is 162 Å². The highest BCUT2D eigenvalue weighted by Gasteiger charge is 1.97. The highest BCUT2D eigenvalue weighted by atomic mass is 16.3. The molecular weight excluding hydrogens is 404 g/mol. The maximum absolute atomic E-state index is 9.13. The van der Waals surface area contributed by atoms with Gasteiger partial charge in [0.15, 0.2) is 0 Å². The standard InChI is InChI=1S/C17H36O.C14H30O/c1-3-4-5-6-7-8-9-10-11-12-13-14-15-16-17(2)18;1-3-4-5-6-7-8-9-10-11-12-13-14(2)15/h17-18H,3-16H2,1-2H3;14-15H,3-13H2,1-2H3. The van der Waals surface area contributed by atoms with E-state index in [9.17, 15) is 0 Å². The van der Waals surface area contributed by atoms with Crippen molar-refractivity contribution >= 4 is 0 Å². The van der Waals surface area contributed by atoms with E-state index in [1.165, 1.54) is 148 Å². The summed E-state index contributed by atoms with van der Waals surface area (Å²) in [7, 11) is 0. The minimum atomic E-state index is -0.0993. The number of rotatable bonds is 25. The molecule has 0 aliphatic rings. The SMILES string of the molecule is CCCCCCCCCCCCC(C)O.CCCCCCCCCCCCCCCC(C)O. The summed E-state index contributed by atoms with van der Waals surface area (Å²) in [4.78, 5) is 0. The molecule has 0 saturated heterocycles. The van der Waals surface area contributed by atoms with Gasteiger partial charge in [0.25, 0.3) is 0 Å². The lowest BCUT2D eigenvalue weighted by atomic mass is 10.0. The molecule has 0 radical (unpaired) electrons. The molecule has 0 amide bonds. The molecular formula is C31H66O2. The summed E-state index contributed by atoms with van der Waals surface area (Å²) in [5.41, 5.74) is 0. The third-order valence-electron chi connectivity index (χ3n) is 6.70. The van der Waals surface area contributed by atoms with Crippen molar-refractivity contribution < 1.29 is 10.2 Å². The van der Waals surface area contributed by atoms with Crippen LogP contribution in [0, 0.1) is 0 Å². The molecule has 0 aliphatic carbocycles. The summed E-state index contributed by atoms with van der Waals surface area (Å²) in [6, 6.07) is 0. The third-order valence-corrected chi connectivity index (χ3v) is 6.70. The van der Waals surface area contributed by atoms with Crippen molar-refractivity contribution in [2.45, 2.75) is 200 Å². The topological polar surface area (TPSA) is 40.5 Å². The van der Waals surface area contributed by atoms with Crippen molar-refractivity contribution in [1.82, 2.24) is 0 Å². The van der Waals surface area contributed by atoms with E-state index in [2.05, 4.69) is 13.8 Å². The number of hydrogen-bond donors (Lipinski definition) is 2. The quantitative estimate of drug-likeness (QED) is 0.130. The summed E-state index contributed by atoms with van der Waals surface area (Å²) < 4.78 is 0. The Morgan fingerprint density at radius 3 is 0.697 bits per heavy atom. The Labute approximate surface area is 210 Å². The van der Waals surface area contributed by atoms with E-state index < -0.39 is 0 Å². The van der Waals surface area contributed by atoms with E-state index in [4.69, 9.17) is 10.2 Å². The minimum Gasteiger partial charge on any atom is -0.393 e. The monoisotopic (exact) mass is 471 g/mol. The fourth-order valence-corrected chi connectivity index (χ4v) is 4.38. The average molecular weight is 471 g/mol. The van der Waals surface area contributed by atoms with Crippen LogP contribution >= 0.6 is 0 Å². The lowest BCUT2D eigenvalue weighted by molar-refractivity contribution is 0.180. The molecule has 202 valence electrons. The van der Waals surface area contributed by atoms with Crippen molar-refractivity contribution in [3.05, 3.63) is 0 Å². The largest absolute Gasteiger partial charge is 0.393 e. The van der Waals surface area contributed by atoms with Gasteiger partial charge in [0, 0.05) is 0 Å². The van der Waals surface area contributed by atoms with Gasteiger partial charge >= 0.3 is 0 Å². The zero-order valence-corrected chi connectivity index (χ0v) is 23.7. The zero-order chi connectivity index (χ0) is 24.8. The van der Waals surface area contributed by atoms with Gasteiger partial charge in [-0.05, 0) is 26.7 Å². The molecule has 0 aromatic rings. The van der Waals surface area contributed by atoms with Crippen LogP contribution in [0.4, 0.5) is 0 Å². The molecule has 2 N–H and O–H groups in total. The van der Waals surface area contributed by atoms with Crippen LogP contribution in [0.1, 0.15) is 188 Å². The van der Waals surface area contributed by atoms with Crippen molar-refractivity contribution in [3.63, 3.8) is 0 Å². The predicted molar refractivity (Wildman–Crippen MR) is 150 cm³/mol. The Morgan fingerprint density at radius 2 is 0.515 bits per heavy atom. The van der Waals surface area contributed by atoms with Gasteiger partial charge in [-0.25, -0.2) is 0 Å². The van der Waals surface area contributed by atoms with Crippen LogP contribution in [0.25, 0.3) is 0 Å². The van der Waals surface area contributed by atoms with Crippen LogP contribution in [-0.4, -0.2) is 22.4 Å². The van der Waals surface area contributed by atoms with Gasteiger partial charge in [-0.15, -0.1) is 0 Å². The smallest absolute Gasteiger partial charge is 0.0512 e. The van der Waals surface area contributed by atoms with Gasteiger partial charge in [0.05, 0.1) is 12.2 Å². The van der Waals surface area contributed by atoms with Crippen molar-refractivity contribution in [1.29, 1.82) is 0 Å². The van der Waals surface area contributed by atoms with E-state index in [1.54, 1.807) is 0 Å². The fraction of sp³-hybridized carbons (Fsp3) is 1.00. The van der Waals surface area contributed by atoms with Gasteiger partial charge < -0.3 is 10.2 Å². The summed E-state index contributed by atoms with van der Waals surface area (Å²) in [5, 5.41) is 18.2. The normalized spacial score (nSPS) is 12.9. The molecule has 0 heterocycles. The van der Waals surface area contributed by atoms with Gasteiger partial charge in [0.1, 0.15) is 0 Å². The van der Waals surface area contributed by atoms with Gasteiger partial charge in [-0.3, -0.25) is 0 Å². The lowest BCUT2D eigenvalue weighted by Crippen LogP contribution is -1.98. The second-order valence-electron chi connectivity index (χ2n) is 10.7. The first kappa shape index (κ1) is 35.1. The molecule has 0 aromatic carbocycles. The molecule has 0 fully saturated rings. The summed E-state index contributed by atoms with van der Waals surface area (Å²) in [5.74, 6) is 0. The van der Waals surface area contributed by atoms with E-state index in [-0.39, 0.29) is 12.2 Å².